The lowest BCUT2D eigenvalue weighted by Crippen LogP contribution is -2.14. The molecule has 18 heavy (non-hydrogen) atoms. The largest absolute Gasteiger partial charge is 0.384 e. The summed E-state index contributed by atoms with van der Waals surface area (Å²) < 4.78 is 7.34. The number of nitrogen functional groups attached to an aromatic ring is 1. The first-order valence-corrected chi connectivity index (χ1v) is 5.64. The van der Waals surface area contributed by atoms with Gasteiger partial charge in [-0.25, -0.2) is 0 Å². The van der Waals surface area contributed by atoms with Gasteiger partial charge in [-0.1, -0.05) is 24.3 Å². The summed E-state index contributed by atoms with van der Waals surface area (Å²) in [4.78, 5) is 0. The van der Waals surface area contributed by atoms with E-state index in [4.69, 9.17) is 15.9 Å². The van der Waals surface area contributed by atoms with E-state index >= 15 is 0 Å². The summed E-state index contributed by atoms with van der Waals surface area (Å²) in [6.07, 6.45) is 3.69. The number of benzene rings is 1. The molecule has 2 aromatic rings. The number of rotatable bonds is 5. The Labute approximate surface area is 106 Å². The molecule has 5 heteroatoms. The average Bonchev–Trinajstić information content (AvgIpc) is 2.75. The maximum absolute atomic E-state index is 7.49. The molecule has 0 atom stereocenters. The number of aromatic nitrogens is 2. The Balaban J connectivity index is 1.96. The molecule has 0 radical (unpaired) electrons. The van der Waals surface area contributed by atoms with Crippen LogP contribution in [-0.4, -0.2) is 15.6 Å². The summed E-state index contributed by atoms with van der Waals surface area (Å²) in [6, 6.07) is 7.52. The molecule has 0 aliphatic carbocycles. The molecular weight excluding hydrogens is 228 g/mol. The van der Waals surface area contributed by atoms with Crippen molar-refractivity contribution in [3.63, 3.8) is 0 Å². The van der Waals surface area contributed by atoms with Gasteiger partial charge in [0.2, 0.25) is 0 Å². The highest BCUT2D eigenvalue weighted by molar-refractivity contribution is 5.96. The molecule has 1 aromatic heterocycles. The zero-order valence-electron chi connectivity index (χ0n) is 10.3. The Morgan fingerprint density at radius 1 is 1.39 bits per heavy atom. The maximum atomic E-state index is 7.49. The summed E-state index contributed by atoms with van der Waals surface area (Å²) >= 11 is 0. The Hall–Kier alpha value is -2.14. The van der Waals surface area contributed by atoms with E-state index < -0.39 is 0 Å². The van der Waals surface area contributed by atoms with Crippen LogP contribution in [0.4, 0.5) is 0 Å². The lowest BCUT2D eigenvalue weighted by atomic mass is 10.1. The van der Waals surface area contributed by atoms with Crippen LogP contribution in [0.1, 0.15) is 16.7 Å². The van der Waals surface area contributed by atoms with Crippen molar-refractivity contribution in [2.45, 2.75) is 13.2 Å². The van der Waals surface area contributed by atoms with Crippen LogP contribution in [0.3, 0.4) is 0 Å². The van der Waals surface area contributed by atoms with E-state index in [9.17, 15) is 0 Å². The number of hydrogen-bond acceptors (Lipinski definition) is 3. The van der Waals surface area contributed by atoms with E-state index in [1.54, 1.807) is 10.9 Å². The zero-order valence-corrected chi connectivity index (χ0v) is 10.3. The molecule has 0 unspecified atom stereocenters. The van der Waals surface area contributed by atoms with Crippen LogP contribution in [0.2, 0.25) is 0 Å². The molecule has 0 saturated heterocycles. The minimum Gasteiger partial charge on any atom is -0.384 e. The molecule has 2 rings (SSSR count). The van der Waals surface area contributed by atoms with Crippen molar-refractivity contribution in [2.75, 3.05) is 0 Å². The number of nitrogens with one attached hydrogen (secondary N) is 1. The molecule has 0 spiro atoms. The fourth-order valence-corrected chi connectivity index (χ4v) is 1.73. The molecule has 0 bridgehead atoms. The van der Waals surface area contributed by atoms with Crippen LogP contribution >= 0.6 is 0 Å². The molecule has 0 saturated carbocycles. The number of amidine groups is 1. The number of aryl methyl sites for hydroxylation is 1. The molecule has 5 nitrogen and oxygen atoms in total. The summed E-state index contributed by atoms with van der Waals surface area (Å²) in [7, 11) is 1.87. The van der Waals surface area contributed by atoms with Crippen LogP contribution in [0.25, 0.3) is 0 Å². The van der Waals surface area contributed by atoms with Crippen molar-refractivity contribution in [3.05, 3.63) is 53.3 Å². The van der Waals surface area contributed by atoms with Crippen LogP contribution in [0.5, 0.6) is 0 Å². The summed E-state index contributed by atoms with van der Waals surface area (Å²) in [5.74, 6) is 0.0653. The first-order chi connectivity index (χ1) is 8.66. The van der Waals surface area contributed by atoms with Gasteiger partial charge in [-0.2, -0.15) is 5.10 Å². The Kier molecular flexibility index (Phi) is 3.74. The third-order valence-corrected chi connectivity index (χ3v) is 2.59. The van der Waals surface area contributed by atoms with Crippen LogP contribution < -0.4 is 5.73 Å². The highest BCUT2D eigenvalue weighted by Crippen LogP contribution is 2.10. The highest BCUT2D eigenvalue weighted by Gasteiger charge is 2.04. The van der Waals surface area contributed by atoms with Crippen molar-refractivity contribution in [3.8, 4) is 0 Å². The fraction of sp³-hybridized carbons (Fsp3) is 0.231. The van der Waals surface area contributed by atoms with Gasteiger partial charge in [0.05, 0.1) is 19.4 Å². The van der Waals surface area contributed by atoms with Gasteiger partial charge in [0.25, 0.3) is 0 Å². The van der Waals surface area contributed by atoms with Gasteiger partial charge >= 0.3 is 0 Å². The second-order valence-corrected chi connectivity index (χ2v) is 4.09. The molecule has 0 amide bonds. The molecule has 1 heterocycles. The van der Waals surface area contributed by atoms with Gasteiger partial charge < -0.3 is 10.5 Å². The summed E-state index contributed by atoms with van der Waals surface area (Å²) in [6.45, 7) is 0.935. The van der Waals surface area contributed by atoms with Gasteiger partial charge in [-0.05, 0) is 5.56 Å². The summed E-state index contributed by atoms with van der Waals surface area (Å²) in [5.41, 5.74) is 8.19. The van der Waals surface area contributed by atoms with E-state index in [2.05, 4.69) is 5.10 Å². The lowest BCUT2D eigenvalue weighted by molar-refractivity contribution is 0.107. The topological polar surface area (TPSA) is 76.9 Å². The quantitative estimate of drug-likeness (QED) is 0.617. The predicted molar refractivity (Wildman–Crippen MR) is 69.2 cm³/mol. The van der Waals surface area contributed by atoms with Gasteiger partial charge in [-0.3, -0.25) is 10.1 Å². The molecule has 0 fully saturated rings. The van der Waals surface area contributed by atoms with Crippen LogP contribution in [0.15, 0.2) is 36.7 Å². The Morgan fingerprint density at radius 3 is 2.83 bits per heavy atom. The molecule has 0 aliphatic heterocycles. The third-order valence-electron chi connectivity index (χ3n) is 2.59. The third kappa shape index (κ3) is 2.95. The van der Waals surface area contributed by atoms with Crippen molar-refractivity contribution >= 4 is 5.84 Å². The Morgan fingerprint density at radius 2 is 2.17 bits per heavy atom. The standard InChI is InChI=1S/C13H16N4O/c1-17-7-10(6-16-17)8-18-9-11-4-2-3-5-12(11)13(14)15/h2-7H,8-9H2,1H3,(H3,14,15). The van der Waals surface area contributed by atoms with Crippen molar-refractivity contribution < 1.29 is 4.74 Å². The van der Waals surface area contributed by atoms with Crippen molar-refractivity contribution in [2.24, 2.45) is 12.8 Å². The second-order valence-electron chi connectivity index (χ2n) is 4.09. The van der Waals surface area contributed by atoms with Crippen molar-refractivity contribution in [1.82, 2.24) is 9.78 Å². The smallest absolute Gasteiger partial charge is 0.123 e. The molecule has 3 N–H and O–H groups in total. The molecule has 94 valence electrons. The molecule has 1 aromatic carbocycles. The second kappa shape index (κ2) is 5.46. The van der Waals surface area contributed by atoms with Crippen LogP contribution in [0, 0.1) is 5.41 Å². The zero-order chi connectivity index (χ0) is 13.0. The van der Waals surface area contributed by atoms with E-state index in [1.165, 1.54) is 0 Å². The molecule has 0 aliphatic rings. The van der Waals surface area contributed by atoms with Gasteiger partial charge in [0, 0.05) is 24.4 Å². The summed E-state index contributed by atoms with van der Waals surface area (Å²) in [5, 5.41) is 11.6. The van der Waals surface area contributed by atoms with E-state index in [-0.39, 0.29) is 5.84 Å². The number of hydrogen-bond donors (Lipinski definition) is 2. The van der Waals surface area contributed by atoms with E-state index in [0.717, 1.165) is 16.7 Å². The number of ether oxygens (including phenoxy) is 1. The van der Waals surface area contributed by atoms with Gasteiger partial charge in [0.1, 0.15) is 5.84 Å². The lowest BCUT2D eigenvalue weighted by Gasteiger charge is -2.08. The SMILES string of the molecule is Cn1cc(COCc2ccccc2C(=N)N)cn1. The monoisotopic (exact) mass is 244 g/mol. The highest BCUT2D eigenvalue weighted by atomic mass is 16.5. The van der Waals surface area contributed by atoms with E-state index in [1.807, 2.05) is 37.5 Å². The number of nitrogens with two attached hydrogens (primary N) is 1. The van der Waals surface area contributed by atoms with Gasteiger partial charge in [-0.15, -0.1) is 0 Å². The first-order valence-electron chi connectivity index (χ1n) is 5.64. The Bertz CT molecular complexity index is 547. The van der Waals surface area contributed by atoms with E-state index in [0.29, 0.717) is 13.2 Å². The maximum Gasteiger partial charge on any atom is 0.123 e. The normalized spacial score (nSPS) is 10.5. The van der Waals surface area contributed by atoms with Crippen LogP contribution in [-0.2, 0) is 25.0 Å². The minimum atomic E-state index is 0.0653. The van der Waals surface area contributed by atoms with Gasteiger partial charge in [0.15, 0.2) is 0 Å². The fourth-order valence-electron chi connectivity index (χ4n) is 1.73. The first kappa shape index (κ1) is 12.3. The average molecular weight is 244 g/mol. The minimum absolute atomic E-state index is 0.0653. The van der Waals surface area contributed by atoms with Crippen molar-refractivity contribution in [1.29, 1.82) is 5.41 Å². The molecular formula is C13H16N4O. The predicted octanol–water partition coefficient (Wildman–Crippen LogP) is 1.42. The number of nitrogens with zero attached hydrogens (tertiary/aromatic N) is 2.